The Bertz CT molecular complexity index is 277. The lowest BCUT2D eigenvalue weighted by Crippen LogP contribution is -1.92. The average molecular weight is 169 g/mol. The molecule has 1 rings (SSSR count). The lowest BCUT2D eigenvalue weighted by atomic mass is 10.3. The first-order chi connectivity index (χ1) is 5.29. The van der Waals surface area contributed by atoms with Crippen molar-refractivity contribution >= 4 is 23.2 Å². The molecule has 0 aliphatic heterocycles. The van der Waals surface area contributed by atoms with E-state index >= 15 is 0 Å². The molecule has 4 heteroatoms. The van der Waals surface area contributed by atoms with E-state index in [0.717, 1.165) is 11.8 Å². The molecule has 0 N–H and O–H groups in total. The number of rotatable bonds is 2. The molecule has 0 aliphatic rings. The number of aldehydes is 1. The molecule has 0 amide bonds. The highest BCUT2D eigenvalue weighted by atomic mass is 32.2. The van der Waals surface area contributed by atoms with Gasteiger partial charge in [-0.25, -0.2) is 0 Å². The molecule has 1 aromatic rings. The zero-order valence-corrected chi connectivity index (χ0v) is 6.39. The van der Waals surface area contributed by atoms with E-state index in [0.29, 0.717) is 6.29 Å². The molecule has 1 aromatic heterocycles. The van der Waals surface area contributed by atoms with Crippen LogP contribution in [0.5, 0.6) is 0 Å². The second-order valence-electron chi connectivity index (χ2n) is 1.75. The van der Waals surface area contributed by atoms with E-state index in [2.05, 4.69) is 6.26 Å². The third-order valence-electron chi connectivity index (χ3n) is 1.15. The van der Waals surface area contributed by atoms with Crippen LogP contribution in [0, 0.1) is 6.26 Å². The fraction of sp³-hybridized carbons (Fsp3) is 0. The van der Waals surface area contributed by atoms with Gasteiger partial charge in [0.1, 0.15) is 0 Å². The summed E-state index contributed by atoms with van der Waals surface area (Å²) in [5.41, 5.74) is 0.278. The molecule has 0 unspecified atom stereocenters. The normalized spacial score (nSPS) is 9.55. The van der Waals surface area contributed by atoms with Gasteiger partial charge in [-0.1, -0.05) is 11.8 Å². The third-order valence-corrected chi connectivity index (χ3v) is 1.64. The highest BCUT2D eigenvalue weighted by Gasteiger charge is 2.11. The molecule has 3 nitrogen and oxygen atoms in total. The molecule has 1 radical (unpaired) electrons. The largest absolute Gasteiger partial charge is 0.461 e. The summed E-state index contributed by atoms with van der Waals surface area (Å²) in [5.74, 6) is 0.0613. The van der Waals surface area contributed by atoms with Crippen LogP contribution in [0.1, 0.15) is 20.9 Å². The van der Waals surface area contributed by atoms with Crippen molar-refractivity contribution in [1.82, 2.24) is 0 Å². The van der Waals surface area contributed by atoms with Crippen LogP contribution in [0.4, 0.5) is 0 Å². The van der Waals surface area contributed by atoms with Gasteiger partial charge in [0.05, 0.1) is 11.8 Å². The molecule has 0 aromatic carbocycles. The molecule has 57 valence electrons. The van der Waals surface area contributed by atoms with Crippen LogP contribution >= 0.6 is 11.8 Å². The van der Waals surface area contributed by atoms with Crippen LogP contribution in [0.2, 0.25) is 0 Å². The summed E-state index contributed by atoms with van der Waals surface area (Å²) in [4.78, 5) is 21.2. The molecule has 0 bridgehead atoms. The van der Waals surface area contributed by atoms with E-state index in [9.17, 15) is 9.59 Å². The van der Waals surface area contributed by atoms with Gasteiger partial charge in [0, 0.05) is 6.26 Å². The topological polar surface area (TPSA) is 47.3 Å². The first-order valence-electron chi connectivity index (χ1n) is 2.78. The summed E-state index contributed by atoms with van der Waals surface area (Å²) in [6, 6.07) is 1.45. The highest BCUT2D eigenvalue weighted by molar-refractivity contribution is 8.15. The van der Waals surface area contributed by atoms with E-state index in [-0.39, 0.29) is 16.4 Å². The van der Waals surface area contributed by atoms with Crippen molar-refractivity contribution in [2.75, 3.05) is 0 Å². The quantitative estimate of drug-likeness (QED) is 0.633. The SMILES string of the molecule is [CH2]SC(=O)c1ccoc1C=O. The van der Waals surface area contributed by atoms with E-state index in [1.54, 1.807) is 0 Å². The van der Waals surface area contributed by atoms with Crippen LogP contribution in [0.15, 0.2) is 16.7 Å². The van der Waals surface area contributed by atoms with Crippen molar-refractivity contribution in [2.24, 2.45) is 0 Å². The maximum absolute atomic E-state index is 10.9. The Morgan fingerprint density at radius 3 is 3.00 bits per heavy atom. The summed E-state index contributed by atoms with van der Waals surface area (Å²) in [6.45, 7) is 0. The Balaban J connectivity index is 3.01. The highest BCUT2D eigenvalue weighted by Crippen LogP contribution is 2.14. The molecule has 0 saturated heterocycles. The van der Waals surface area contributed by atoms with Crippen molar-refractivity contribution in [3.63, 3.8) is 0 Å². The van der Waals surface area contributed by atoms with Gasteiger partial charge >= 0.3 is 0 Å². The minimum Gasteiger partial charge on any atom is -0.461 e. The monoisotopic (exact) mass is 169 g/mol. The Labute approximate surface area is 67.8 Å². The van der Waals surface area contributed by atoms with Crippen LogP contribution in [0.3, 0.4) is 0 Å². The van der Waals surface area contributed by atoms with Gasteiger partial charge in [0.2, 0.25) is 5.12 Å². The predicted octanol–water partition coefficient (Wildman–Crippen LogP) is 1.76. The Morgan fingerprint density at radius 2 is 2.45 bits per heavy atom. The number of furan rings is 1. The first kappa shape index (κ1) is 8.07. The van der Waals surface area contributed by atoms with Crippen LogP contribution in [-0.4, -0.2) is 11.4 Å². The summed E-state index contributed by atoms with van der Waals surface area (Å²) in [5, 5.41) is -0.263. The van der Waals surface area contributed by atoms with Crippen molar-refractivity contribution in [2.45, 2.75) is 0 Å². The Kier molecular flexibility index (Phi) is 2.48. The van der Waals surface area contributed by atoms with Crippen molar-refractivity contribution in [3.8, 4) is 0 Å². The maximum atomic E-state index is 10.9. The van der Waals surface area contributed by atoms with Gasteiger partial charge in [-0.15, -0.1) is 0 Å². The average Bonchev–Trinajstić information content (AvgIpc) is 2.50. The Morgan fingerprint density at radius 1 is 1.73 bits per heavy atom. The van der Waals surface area contributed by atoms with Gasteiger partial charge in [-0.2, -0.15) is 0 Å². The molecule has 11 heavy (non-hydrogen) atoms. The summed E-state index contributed by atoms with van der Waals surface area (Å²) >= 11 is 0.804. The third kappa shape index (κ3) is 1.51. The molecular weight excluding hydrogens is 164 g/mol. The summed E-state index contributed by atoms with van der Waals surface area (Å²) in [7, 11) is 0. The minimum absolute atomic E-state index is 0.0613. The standard InChI is InChI=1S/C7H5O3S/c1-11-7(9)5-2-3-10-6(5)4-8/h2-4H,1H2. The fourth-order valence-corrected chi connectivity index (χ4v) is 0.983. The molecule has 0 atom stereocenters. The second-order valence-corrected chi connectivity index (χ2v) is 2.41. The predicted molar refractivity (Wildman–Crippen MR) is 41.4 cm³/mol. The zero-order chi connectivity index (χ0) is 8.27. The minimum atomic E-state index is -0.263. The van der Waals surface area contributed by atoms with Gasteiger partial charge in [0.15, 0.2) is 12.0 Å². The number of carbonyl (C=O) groups is 2. The van der Waals surface area contributed by atoms with Gasteiger partial charge in [-0.05, 0) is 6.07 Å². The lowest BCUT2D eigenvalue weighted by molar-refractivity contribution is 0.106. The first-order valence-corrected chi connectivity index (χ1v) is 3.77. The Hall–Kier alpha value is -1.03. The van der Waals surface area contributed by atoms with Crippen molar-refractivity contribution in [3.05, 3.63) is 29.9 Å². The lowest BCUT2D eigenvalue weighted by Gasteiger charge is -1.89. The molecule has 0 spiro atoms. The van der Waals surface area contributed by atoms with Gasteiger partial charge in [-0.3, -0.25) is 9.59 Å². The number of carbonyl (C=O) groups excluding carboxylic acids is 2. The van der Waals surface area contributed by atoms with Crippen molar-refractivity contribution < 1.29 is 14.0 Å². The molecule has 1 heterocycles. The molecule has 0 aliphatic carbocycles. The summed E-state index contributed by atoms with van der Waals surface area (Å²) in [6.07, 6.45) is 5.13. The smallest absolute Gasteiger partial charge is 0.223 e. The van der Waals surface area contributed by atoms with E-state index in [1.807, 2.05) is 0 Å². The molecule has 0 saturated carbocycles. The fourth-order valence-electron chi connectivity index (χ4n) is 0.659. The zero-order valence-electron chi connectivity index (χ0n) is 5.57. The van der Waals surface area contributed by atoms with E-state index in [4.69, 9.17) is 4.42 Å². The second kappa shape index (κ2) is 3.39. The number of hydrogen-bond acceptors (Lipinski definition) is 4. The van der Waals surface area contributed by atoms with Gasteiger partial charge < -0.3 is 4.42 Å². The molecular formula is C7H5O3S. The van der Waals surface area contributed by atoms with Crippen molar-refractivity contribution in [1.29, 1.82) is 0 Å². The van der Waals surface area contributed by atoms with Crippen LogP contribution < -0.4 is 0 Å². The maximum Gasteiger partial charge on any atom is 0.223 e. The van der Waals surface area contributed by atoms with E-state index < -0.39 is 0 Å². The van der Waals surface area contributed by atoms with Crippen LogP contribution in [-0.2, 0) is 0 Å². The molecule has 0 fully saturated rings. The van der Waals surface area contributed by atoms with Gasteiger partial charge in [0.25, 0.3) is 0 Å². The number of hydrogen-bond donors (Lipinski definition) is 0. The summed E-state index contributed by atoms with van der Waals surface area (Å²) < 4.78 is 4.71. The van der Waals surface area contributed by atoms with E-state index in [1.165, 1.54) is 12.3 Å². The van der Waals surface area contributed by atoms with Crippen LogP contribution in [0.25, 0.3) is 0 Å². The number of thioether (sulfide) groups is 1.